The fourth-order valence-corrected chi connectivity index (χ4v) is 4.92. The van der Waals surface area contributed by atoms with Gasteiger partial charge in [-0.15, -0.1) is 0 Å². The van der Waals surface area contributed by atoms with Crippen molar-refractivity contribution in [1.29, 1.82) is 0 Å². The van der Waals surface area contributed by atoms with E-state index in [1.54, 1.807) is 0 Å². The number of fused-ring (bicyclic) bond motifs is 3. The van der Waals surface area contributed by atoms with Crippen LogP contribution in [0, 0.1) is 0 Å². The minimum atomic E-state index is -0.0578. The van der Waals surface area contributed by atoms with Crippen LogP contribution in [0.2, 0.25) is 0 Å². The van der Waals surface area contributed by atoms with Gasteiger partial charge in [-0.25, -0.2) is 0 Å². The molecule has 1 saturated heterocycles. The first kappa shape index (κ1) is 15.4. The smallest absolute Gasteiger partial charge is 0.135 e. The van der Waals surface area contributed by atoms with Crippen molar-refractivity contribution >= 4 is 37.5 Å². The molecule has 21 heavy (non-hydrogen) atoms. The van der Waals surface area contributed by atoms with Gasteiger partial charge in [-0.05, 0) is 71.7 Å². The molecule has 0 amide bonds. The molecule has 0 bridgehead atoms. The highest BCUT2D eigenvalue weighted by molar-refractivity contribution is 9.11. The van der Waals surface area contributed by atoms with Crippen LogP contribution in [0.4, 0.5) is 5.69 Å². The van der Waals surface area contributed by atoms with Crippen LogP contribution in [0.5, 0.6) is 5.75 Å². The first-order valence-corrected chi connectivity index (χ1v) is 8.77. The lowest BCUT2D eigenvalue weighted by Crippen LogP contribution is -2.41. The zero-order chi connectivity index (χ0) is 15.4. The maximum Gasteiger partial charge on any atom is 0.135 e. The summed E-state index contributed by atoms with van der Waals surface area (Å²) in [6.07, 6.45) is 4.52. The monoisotopic (exact) mass is 414 g/mol. The SMILES string of the molecule is CC(C)=CCC12CCN(C)C1Nc1c(Br)cc(Br)c(O)c12. The number of benzene rings is 1. The van der Waals surface area contributed by atoms with Crippen LogP contribution in [0.1, 0.15) is 32.3 Å². The van der Waals surface area contributed by atoms with Crippen molar-refractivity contribution in [2.24, 2.45) is 0 Å². The lowest BCUT2D eigenvalue weighted by Gasteiger charge is -2.31. The van der Waals surface area contributed by atoms with Crippen molar-refractivity contribution in [3.63, 3.8) is 0 Å². The lowest BCUT2D eigenvalue weighted by molar-refractivity contribution is 0.282. The molecule has 0 spiro atoms. The van der Waals surface area contributed by atoms with E-state index in [9.17, 15) is 5.11 Å². The third-order valence-electron chi connectivity index (χ3n) is 4.73. The number of anilines is 1. The summed E-state index contributed by atoms with van der Waals surface area (Å²) in [6, 6.07) is 1.91. The van der Waals surface area contributed by atoms with Gasteiger partial charge in [0.15, 0.2) is 0 Å². The Morgan fingerprint density at radius 2 is 2.19 bits per heavy atom. The number of nitrogens with one attached hydrogen (secondary N) is 1. The van der Waals surface area contributed by atoms with Gasteiger partial charge in [0.1, 0.15) is 5.75 Å². The fourth-order valence-electron chi connectivity index (χ4n) is 3.65. The summed E-state index contributed by atoms with van der Waals surface area (Å²) in [6.45, 7) is 5.30. The van der Waals surface area contributed by atoms with E-state index in [0.717, 1.165) is 39.6 Å². The molecule has 0 saturated carbocycles. The van der Waals surface area contributed by atoms with Gasteiger partial charge in [-0.3, -0.25) is 4.90 Å². The highest BCUT2D eigenvalue weighted by Crippen LogP contribution is 2.57. The number of halogens is 2. The number of phenols is 1. The minimum Gasteiger partial charge on any atom is -0.506 e. The molecule has 1 aromatic rings. The number of allylic oxidation sites excluding steroid dienone is 2. The molecule has 0 aliphatic carbocycles. The third kappa shape index (κ3) is 2.25. The highest BCUT2D eigenvalue weighted by atomic mass is 79.9. The van der Waals surface area contributed by atoms with Crippen LogP contribution in [-0.4, -0.2) is 29.8 Å². The molecule has 114 valence electrons. The highest BCUT2D eigenvalue weighted by Gasteiger charge is 2.54. The summed E-state index contributed by atoms with van der Waals surface area (Å²) < 4.78 is 1.75. The summed E-state index contributed by atoms with van der Waals surface area (Å²) in [5, 5.41) is 14.3. The van der Waals surface area contributed by atoms with Gasteiger partial charge in [0.25, 0.3) is 0 Å². The van der Waals surface area contributed by atoms with Gasteiger partial charge in [0, 0.05) is 22.0 Å². The van der Waals surface area contributed by atoms with Crippen molar-refractivity contribution < 1.29 is 5.11 Å². The molecule has 2 atom stereocenters. The summed E-state index contributed by atoms with van der Waals surface area (Å²) in [5.41, 5.74) is 3.35. The van der Waals surface area contributed by atoms with Gasteiger partial charge < -0.3 is 10.4 Å². The van der Waals surface area contributed by atoms with E-state index in [1.165, 1.54) is 5.57 Å². The Morgan fingerprint density at radius 3 is 2.86 bits per heavy atom. The van der Waals surface area contributed by atoms with Gasteiger partial charge >= 0.3 is 0 Å². The molecule has 3 rings (SSSR count). The molecule has 2 heterocycles. The molecule has 3 nitrogen and oxygen atoms in total. The maximum atomic E-state index is 10.7. The predicted molar refractivity (Wildman–Crippen MR) is 93.9 cm³/mol. The Morgan fingerprint density at radius 1 is 1.48 bits per heavy atom. The van der Waals surface area contributed by atoms with Crippen LogP contribution >= 0.6 is 31.9 Å². The van der Waals surface area contributed by atoms with E-state index in [-0.39, 0.29) is 11.6 Å². The number of likely N-dealkylation sites (tertiary alicyclic amines) is 1. The summed E-state index contributed by atoms with van der Waals surface area (Å²) in [4.78, 5) is 2.35. The van der Waals surface area contributed by atoms with Crippen LogP contribution < -0.4 is 5.32 Å². The summed E-state index contributed by atoms with van der Waals surface area (Å²) in [7, 11) is 2.15. The molecule has 2 aliphatic heterocycles. The molecule has 2 unspecified atom stereocenters. The van der Waals surface area contributed by atoms with E-state index in [2.05, 4.69) is 69.0 Å². The number of hydrogen-bond acceptors (Lipinski definition) is 3. The van der Waals surface area contributed by atoms with Crippen LogP contribution in [-0.2, 0) is 5.41 Å². The zero-order valence-corrected chi connectivity index (χ0v) is 15.7. The third-order valence-corrected chi connectivity index (χ3v) is 5.96. The quantitative estimate of drug-likeness (QED) is 0.693. The molecule has 2 aliphatic rings. The zero-order valence-electron chi connectivity index (χ0n) is 12.5. The molecule has 0 radical (unpaired) electrons. The van der Waals surface area contributed by atoms with E-state index in [0.29, 0.717) is 5.75 Å². The Bertz CT molecular complexity index is 625. The maximum absolute atomic E-state index is 10.7. The second-order valence-corrected chi connectivity index (χ2v) is 8.07. The Hall–Kier alpha value is -0.520. The number of nitrogens with zero attached hydrogens (tertiary/aromatic N) is 1. The van der Waals surface area contributed by atoms with Gasteiger partial charge in [0.2, 0.25) is 0 Å². The second-order valence-electron chi connectivity index (χ2n) is 6.36. The molecular weight excluding hydrogens is 396 g/mol. The van der Waals surface area contributed by atoms with E-state index in [4.69, 9.17) is 0 Å². The van der Waals surface area contributed by atoms with E-state index >= 15 is 0 Å². The molecule has 2 N–H and O–H groups in total. The lowest BCUT2D eigenvalue weighted by atomic mass is 9.75. The number of phenolic OH excluding ortho intramolecular Hbond substituents is 1. The number of aromatic hydroxyl groups is 1. The number of likely N-dealkylation sites (N-methyl/N-ethyl adjacent to an activating group) is 1. The first-order valence-electron chi connectivity index (χ1n) is 7.18. The van der Waals surface area contributed by atoms with Gasteiger partial charge in [-0.1, -0.05) is 11.6 Å². The Balaban J connectivity index is 2.20. The predicted octanol–water partition coefficient (Wildman–Crippen LogP) is 4.60. The Kier molecular flexibility index (Phi) is 3.87. The van der Waals surface area contributed by atoms with E-state index in [1.807, 2.05) is 6.07 Å². The van der Waals surface area contributed by atoms with Gasteiger partial charge in [-0.2, -0.15) is 0 Å². The first-order chi connectivity index (χ1) is 9.86. The standard InChI is InChI=1S/C16H20Br2N2O/c1-9(2)4-5-16-6-7-20(3)15(16)19-13-10(17)8-11(18)14(21)12(13)16/h4,8,15,19,21H,5-7H2,1-3H3. The average Bonchev–Trinajstić information content (AvgIpc) is 2.90. The van der Waals surface area contributed by atoms with Crippen molar-refractivity contribution in [1.82, 2.24) is 4.90 Å². The van der Waals surface area contributed by atoms with Crippen molar-refractivity contribution in [3.05, 3.63) is 32.2 Å². The molecule has 1 fully saturated rings. The Labute approximate surface area is 142 Å². The van der Waals surface area contributed by atoms with Crippen LogP contribution in [0.25, 0.3) is 0 Å². The largest absolute Gasteiger partial charge is 0.506 e. The van der Waals surface area contributed by atoms with Crippen LogP contribution in [0.15, 0.2) is 26.7 Å². The normalized spacial score (nSPS) is 27.2. The molecule has 1 aromatic carbocycles. The number of rotatable bonds is 2. The molecule has 5 heteroatoms. The summed E-state index contributed by atoms with van der Waals surface area (Å²) >= 11 is 7.11. The van der Waals surface area contributed by atoms with Crippen molar-refractivity contribution in [3.8, 4) is 5.75 Å². The fraction of sp³-hybridized carbons (Fsp3) is 0.500. The summed E-state index contributed by atoms with van der Waals surface area (Å²) in [5.74, 6) is 0.376. The van der Waals surface area contributed by atoms with E-state index < -0.39 is 0 Å². The van der Waals surface area contributed by atoms with Crippen molar-refractivity contribution in [2.75, 3.05) is 18.9 Å². The second kappa shape index (κ2) is 5.28. The average molecular weight is 416 g/mol. The topological polar surface area (TPSA) is 35.5 Å². The van der Waals surface area contributed by atoms with Gasteiger partial charge in [0.05, 0.1) is 16.3 Å². The van der Waals surface area contributed by atoms with Crippen LogP contribution in [0.3, 0.4) is 0 Å². The molecule has 0 aromatic heterocycles. The minimum absolute atomic E-state index is 0.0578. The number of hydrogen-bond donors (Lipinski definition) is 2. The molecular formula is C16H20Br2N2O. The van der Waals surface area contributed by atoms with Crippen molar-refractivity contribution in [2.45, 2.75) is 38.3 Å².